The van der Waals surface area contributed by atoms with Crippen molar-refractivity contribution in [2.24, 2.45) is 0 Å². The Morgan fingerprint density at radius 3 is 2.50 bits per heavy atom. The maximum atomic E-state index is 11.8. The van der Waals surface area contributed by atoms with Crippen LogP contribution in [0.5, 0.6) is 0 Å². The maximum Gasteiger partial charge on any atom is 0.274 e. The molecule has 0 fully saturated rings. The van der Waals surface area contributed by atoms with Crippen molar-refractivity contribution in [2.75, 3.05) is 0 Å². The number of fused-ring (bicyclic) bond motifs is 1. The molecule has 0 bridgehead atoms. The van der Waals surface area contributed by atoms with Gasteiger partial charge in [-0.3, -0.25) is 9.89 Å². The van der Waals surface area contributed by atoms with Crippen LogP contribution in [-0.4, -0.2) is 14.8 Å². The predicted molar refractivity (Wildman–Crippen MR) is 71.7 cm³/mol. The van der Waals surface area contributed by atoms with E-state index >= 15 is 0 Å². The molecule has 3 rings (SSSR count). The normalized spacial score (nSPS) is 11.0. The van der Waals surface area contributed by atoms with E-state index in [2.05, 4.69) is 10.1 Å². The fraction of sp³-hybridized carbons (Fsp3) is 0. The van der Waals surface area contributed by atoms with E-state index in [-0.39, 0.29) is 5.56 Å². The molecular formula is C12H7Cl2N3O. The van der Waals surface area contributed by atoms with Gasteiger partial charge in [-0.2, -0.15) is 0 Å². The lowest BCUT2D eigenvalue weighted by atomic mass is 10.3. The van der Waals surface area contributed by atoms with E-state index in [9.17, 15) is 4.79 Å². The zero-order valence-corrected chi connectivity index (χ0v) is 10.5. The van der Waals surface area contributed by atoms with Gasteiger partial charge in [-0.15, -0.1) is 0 Å². The molecule has 0 amide bonds. The third-order valence-corrected chi connectivity index (χ3v) is 3.06. The average Bonchev–Trinajstić information content (AvgIpc) is 2.67. The van der Waals surface area contributed by atoms with Crippen LogP contribution in [0.3, 0.4) is 0 Å². The van der Waals surface area contributed by atoms with Gasteiger partial charge in [0.2, 0.25) is 0 Å². The van der Waals surface area contributed by atoms with Crippen LogP contribution in [0.4, 0.5) is 0 Å². The van der Waals surface area contributed by atoms with Crippen molar-refractivity contribution in [3.8, 4) is 5.69 Å². The lowest BCUT2D eigenvalue weighted by molar-refractivity contribution is 0.879. The van der Waals surface area contributed by atoms with E-state index in [0.29, 0.717) is 21.2 Å². The van der Waals surface area contributed by atoms with Crippen molar-refractivity contribution in [1.82, 2.24) is 14.8 Å². The highest BCUT2D eigenvalue weighted by molar-refractivity contribution is 6.30. The number of nitrogens with one attached hydrogen (secondary N) is 1. The Hall–Kier alpha value is -1.78. The van der Waals surface area contributed by atoms with Crippen molar-refractivity contribution in [1.29, 1.82) is 0 Å². The monoisotopic (exact) mass is 279 g/mol. The smallest absolute Gasteiger partial charge is 0.267 e. The Labute approximate surface area is 112 Å². The Kier molecular flexibility index (Phi) is 2.61. The van der Waals surface area contributed by atoms with Crippen molar-refractivity contribution < 1.29 is 0 Å². The van der Waals surface area contributed by atoms with Crippen LogP contribution in [0.1, 0.15) is 0 Å². The number of hydrogen-bond donors (Lipinski definition) is 1. The van der Waals surface area contributed by atoms with Crippen LogP contribution in [0.15, 0.2) is 41.2 Å². The number of aromatic nitrogens is 3. The highest BCUT2D eigenvalue weighted by Gasteiger charge is 2.09. The minimum absolute atomic E-state index is 0.205. The highest BCUT2D eigenvalue weighted by atomic mass is 35.5. The number of halogens is 2. The van der Waals surface area contributed by atoms with Gasteiger partial charge in [0.25, 0.3) is 5.56 Å². The minimum atomic E-state index is -0.205. The molecule has 4 nitrogen and oxygen atoms in total. The zero-order valence-electron chi connectivity index (χ0n) is 9.02. The second kappa shape index (κ2) is 4.15. The van der Waals surface area contributed by atoms with Gasteiger partial charge < -0.3 is 0 Å². The Morgan fingerprint density at radius 2 is 1.78 bits per heavy atom. The Bertz CT molecular complexity index is 774. The molecule has 0 radical (unpaired) electrons. The van der Waals surface area contributed by atoms with Gasteiger partial charge >= 0.3 is 0 Å². The summed E-state index contributed by atoms with van der Waals surface area (Å²) in [6.07, 6.45) is 0. The van der Waals surface area contributed by atoms with Crippen LogP contribution in [-0.2, 0) is 0 Å². The van der Waals surface area contributed by atoms with Gasteiger partial charge in [0.05, 0.1) is 11.1 Å². The summed E-state index contributed by atoms with van der Waals surface area (Å²) in [5.41, 5.74) is 1.06. The molecule has 18 heavy (non-hydrogen) atoms. The largest absolute Gasteiger partial charge is 0.274 e. The van der Waals surface area contributed by atoms with Gasteiger partial charge in [-0.05, 0) is 36.4 Å². The fourth-order valence-corrected chi connectivity index (χ4v) is 2.03. The third kappa shape index (κ3) is 1.79. The summed E-state index contributed by atoms with van der Waals surface area (Å²) < 4.78 is 1.58. The molecule has 0 atom stereocenters. The molecule has 2 aromatic heterocycles. The van der Waals surface area contributed by atoms with Crippen molar-refractivity contribution in [2.45, 2.75) is 0 Å². The molecule has 2 heterocycles. The van der Waals surface area contributed by atoms with E-state index < -0.39 is 0 Å². The second-order valence-corrected chi connectivity index (χ2v) is 4.58. The molecule has 0 aliphatic rings. The lowest BCUT2D eigenvalue weighted by Gasteiger charge is -2.03. The Balaban J connectivity index is 2.32. The summed E-state index contributed by atoms with van der Waals surface area (Å²) in [5.74, 6) is 0. The van der Waals surface area contributed by atoms with Crippen molar-refractivity contribution >= 4 is 34.2 Å². The maximum absolute atomic E-state index is 11.8. The summed E-state index contributed by atoms with van der Waals surface area (Å²) in [6.45, 7) is 0. The number of nitrogens with zero attached hydrogens (tertiary/aromatic N) is 2. The molecule has 6 heteroatoms. The molecule has 0 aliphatic carbocycles. The van der Waals surface area contributed by atoms with E-state index in [1.807, 2.05) is 0 Å². The van der Waals surface area contributed by atoms with Gasteiger partial charge in [-0.25, -0.2) is 9.67 Å². The number of pyridine rings is 1. The number of aromatic amines is 1. The molecule has 0 aliphatic heterocycles. The molecule has 1 aromatic carbocycles. The lowest BCUT2D eigenvalue weighted by Crippen LogP contribution is -2.03. The number of hydrogen-bond acceptors (Lipinski definition) is 2. The van der Waals surface area contributed by atoms with Crippen molar-refractivity contribution in [3.63, 3.8) is 0 Å². The van der Waals surface area contributed by atoms with Crippen LogP contribution in [0.25, 0.3) is 16.7 Å². The van der Waals surface area contributed by atoms with Crippen molar-refractivity contribution in [3.05, 3.63) is 56.9 Å². The number of H-pyrrole nitrogens is 1. The Morgan fingerprint density at radius 1 is 1.06 bits per heavy atom. The highest BCUT2D eigenvalue weighted by Crippen LogP contribution is 2.17. The molecule has 0 saturated heterocycles. The molecule has 1 N–H and O–H groups in total. The summed E-state index contributed by atoms with van der Waals surface area (Å²) in [4.78, 5) is 15.9. The van der Waals surface area contributed by atoms with E-state index in [4.69, 9.17) is 23.2 Å². The average molecular weight is 280 g/mol. The first-order valence-corrected chi connectivity index (χ1v) is 5.94. The molecule has 0 saturated carbocycles. The summed E-state index contributed by atoms with van der Waals surface area (Å²) in [7, 11) is 0. The van der Waals surface area contributed by atoms with E-state index in [1.54, 1.807) is 41.1 Å². The van der Waals surface area contributed by atoms with Crippen LogP contribution < -0.4 is 5.56 Å². The predicted octanol–water partition coefficient (Wildman–Crippen LogP) is 3.02. The standard InChI is InChI=1S/C12H7Cl2N3O/c13-7-1-3-8(4-2-7)17-11-9(12(18)16-17)5-6-10(14)15-11/h1-6H,(H,16,18). The van der Waals surface area contributed by atoms with Gasteiger partial charge in [0.1, 0.15) is 5.15 Å². The van der Waals surface area contributed by atoms with Gasteiger partial charge in [0.15, 0.2) is 5.65 Å². The molecule has 3 aromatic rings. The van der Waals surface area contributed by atoms with Crippen LogP contribution in [0, 0.1) is 0 Å². The van der Waals surface area contributed by atoms with E-state index in [1.165, 1.54) is 0 Å². The summed E-state index contributed by atoms with van der Waals surface area (Å²) in [5, 5.41) is 4.17. The van der Waals surface area contributed by atoms with Gasteiger partial charge in [-0.1, -0.05) is 23.2 Å². The molecule has 0 spiro atoms. The first-order valence-electron chi connectivity index (χ1n) is 5.18. The fourth-order valence-electron chi connectivity index (χ4n) is 1.76. The minimum Gasteiger partial charge on any atom is -0.267 e. The zero-order chi connectivity index (χ0) is 12.7. The summed E-state index contributed by atoms with van der Waals surface area (Å²) >= 11 is 11.7. The number of benzene rings is 1. The summed E-state index contributed by atoms with van der Waals surface area (Å²) in [6, 6.07) is 10.3. The SMILES string of the molecule is O=c1[nH]n(-c2ccc(Cl)cc2)c2nc(Cl)ccc12. The van der Waals surface area contributed by atoms with Crippen LogP contribution >= 0.6 is 23.2 Å². The quantitative estimate of drug-likeness (QED) is 0.696. The second-order valence-electron chi connectivity index (χ2n) is 3.76. The first-order chi connectivity index (χ1) is 8.65. The van der Waals surface area contributed by atoms with Gasteiger partial charge in [0, 0.05) is 5.02 Å². The molecule has 90 valence electrons. The first kappa shape index (κ1) is 11.3. The van der Waals surface area contributed by atoms with E-state index in [0.717, 1.165) is 5.69 Å². The topological polar surface area (TPSA) is 50.7 Å². The molecule has 0 unspecified atom stereocenters. The molecular weight excluding hydrogens is 273 g/mol. The number of rotatable bonds is 1. The van der Waals surface area contributed by atoms with Crippen LogP contribution in [0.2, 0.25) is 10.2 Å². The third-order valence-electron chi connectivity index (χ3n) is 2.60.